The summed E-state index contributed by atoms with van der Waals surface area (Å²) in [5.41, 5.74) is -0.458. The van der Waals surface area contributed by atoms with Crippen LogP contribution in [0.15, 0.2) is 34.1 Å². The third-order valence-corrected chi connectivity index (χ3v) is 4.48. The fourth-order valence-electron chi connectivity index (χ4n) is 1.81. The van der Waals surface area contributed by atoms with Crippen molar-refractivity contribution in [3.05, 3.63) is 54.7 Å². The average Bonchev–Trinajstić information content (AvgIpc) is 2.84. The van der Waals surface area contributed by atoms with Gasteiger partial charge in [0.05, 0.1) is 8.71 Å². The number of nitrogens with zero attached hydrogens (tertiary/aromatic N) is 1. The molecule has 112 valence electrons. The molecule has 0 bridgehead atoms. The molecule has 0 aliphatic carbocycles. The number of nitro groups is 1. The highest BCUT2D eigenvalue weighted by Gasteiger charge is 2.17. The van der Waals surface area contributed by atoms with Crippen molar-refractivity contribution < 1.29 is 13.7 Å². The zero-order chi connectivity index (χ0) is 15.4. The number of halogens is 3. The molecule has 2 aromatic rings. The predicted octanol–water partition coefficient (Wildman–Crippen LogP) is 5.01. The Morgan fingerprint density at radius 3 is 2.67 bits per heavy atom. The quantitative estimate of drug-likeness (QED) is 0.569. The van der Waals surface area contributed by atoms with Crippen molar-refractivity contribution in [2.45, 2.75) is 12.8 Å². The molecule has 2 rings (SSSR count). The van der Waals surface area contributed by atoms with E-state index in [9.17, 15) is 18.9 Å². The van der Waals surface area contributed by atoms with Crippen LogP contribution >= 0.6 is 27.3 Å². The molecule has 1 aromatic heterocycles. The molecule has 4 nitrogen and oxygen atoms in total. The number of non-ortho nitro benzene ring substituents is 1. The molecule has 0 unspecified atom stereocenters. The highest BCUT2D eigenvalue weighted by molar-refractivity contribution is 9.11. The second-order valence-corrected chi connectivity index (χ2v) is 6.76. The zero-order valence-electron chi connectivity index (χ0n) is 10.7. The molecular weight excluding hydrogens is 366 g/mol. The summed E-state index contributed by atoms with van der Waals surface area (Å²) in [6.07, 6.45) is -2.07. The van der Waals surface area contributed by atoms with E-state index in [4.69, 9.17) is 0 Å². The lowest BCUT2D eigenvalue weighted by Gasteiger charge is -2.11. The van der Waals surface area contributed by atoms with Crippen LogP contribution in [0.3, 0.4) is 0 Å². The molecule has 0 aliphatic rings. The van der Waals surface area contributed by atoms with Gasteiger partial charge in [0.1, 0.15) is 0 Å². The maximum Gasteiger partial charge on any atom is 0.270 e. The van der Waals surface area contributed by atoms with E-state index < -0.39 is 11.3 Å². The number of nitrogens with one attached hydrogen (secondary N) is 1. The maximum absolute atomic E-state index is 13.0. The third kappa shape index (κ3) is 4.21. The Labute approximate surface area is 132 Å². The minimum atomic E-state index is -2.76. The molecule has 1 heterocycles. The highest BCUT2D eigenvalue weighted by Crippen LogP contribution is 2.31. The van der Waals surface area contributed by atoms with Crippen LogP contribution in [0.25, 0.3) is 0 Å². The van der Waals surface area contributed by atoms with Gasteiger partial charge in [-0.15, -0.1) is 11.3 Å². The molecule has 21 heavy (non-hydrogen) atoms. The standard InChI is InChI=1S/C13H11BrF2N2O2S/c14-12-4-2-9(21-12)5-6-17-11-3-1-8(18(19)20)7-10(11)13(15)16/h1-4,7,13,17H,5-6H2. The number of benzene rings is 1. The lowest BCUT2D eigenvalue weighted by Crippen LogP contribution is -2.07. The lowest BCUT2D eigenvalue weighted by molar-refractivity contribution is -0.385. The largest absolute Gasteiger partial charge is 0.384 e. The summed E-state index contributed by atoms with van der Waals surface area (Å²) >= 11 is 4.94. The molecule has 0 fully saturated rings. The molecule has 0 spiro atoms. The minimum Gasteiger partial charge on any atom is -0.384 e. The van der Waals surface area contributed by atoms with Crippen molar-refractivity contribution in [3.8, 4) is 0 Å². The van der Waals surface area contributed by atoms with E-state index in [0.717, 1.165) is 14.7 Å². The van der Waals surface area contributed by atoms with Crippen LogP contribution in [0.5, 0.6) is 0 Å². The summed E-state index contributed by atoms with van der Waals surface area (Å²) in [5.74, 6) is 0. The Kier molecular flexibility index (Phi) is 5.24. The Hall–Kier alpha value is -1.54. The second kappa shape index (κ2) is 6.95. The van der Waals surface area contributed by atoms with Gasteiger partial charge in [0.2, 0.25) is 0 Å². The summed E-state index contributed by atoms with van der Waals surface area (Å²) in [4.78, 5) is 11.1. The molecule has 0 saturated carbocycles. The first-order valence-electron chi connectivity index (χ1n) is 6.02. The van der Waals surface area contributed by atoms with Crippen molar-refractivity contribution >= 4 is 38.6 Å². The van der Waals surface area contributed by atoms with Gasteiger partial charge in [0.25, 0.3) is 12.1 Å². The van der Waals surface area contributed by atoms with E-state index in [1.807, 2.05) is 12.1 Å². The molecule has 0 amide bonds. The number of nitro benzene ring substituents is 1. The normalized spacial score (nSPS) is 10.9. The monoisotopic (exact) mass is 376 g/mol. The molecule has 0 aliphatic heterocycles. The van der Waals surface area contributed by atoms with E-state index in [-0.39, 0.29) is 16.9 Å². The van der Waals surface area contributed by atoms with Crippen molar-refractivity contribution in [3.63, 3.8) is 0 Å². The van der Waals surface area contributed by atoms with Crippen LogP contribution in [0.2, 0.25) is 0 Å². The second-order valence-electron chi connectivity index (χ2n) is 4.21. The Balaban J connectivity index is 2.06. The minimum absolute atomic E-state index is 0.228. The van der Waals surface area contributed by atoms with Crippen LogP contribution in [-0.4, -0.2) is 11.5 Å². The van der Waals surface area contributed by atoms with Crippen LogP contribution in [0.1, 0.15) is 16.9 Å². The summed E-state index contributed by atoms with van der Waals surface area (Å²) in [6.45, 7) is 0.477. The number of thiophene rings is 1. The summed E-state index contributed by atoms with van der Waals surface area (Å²) in [6, 6.07) is 7.34. The Morgan fingerprint density at radius 2 is 2.10 bits per heavy atom. The number of hydrogen-bond acceptors (Lipinski definition) is 4. The van der Waals surface area contributed by atoms with Gasteiger partial charge in [0, 0.05) is 34.8 Å². The molecule has 0 atom stereocenters. The number of hydrogen-bond donors (Lipinski definition) is 1. The van der Waals surface area contributed by atoms with Crippen molar-refractivity contribution in [1.82, 2.24) is 0 Å². The SMILES string of the molecule is O=[N+]([O-])c1ccc(NCCc2ccc(Br)s2)c(C(F)F)c1. The van der Waals surface area contributed by atoms with E-state index in [2.05, 4.69) is 21.2 Å². The third-order valence-electron chi connectivity index (χ3n) is 2.80. The van der Waals surface area contributed by atoms with Crippen molar-refractivity contribution in [1.29, 1.82) is 0 Å². The number of rotatable bonds is 6. The molecule has 1 aromatic carbocycles. The van der Waals surface area contributed by atoms with Crippen LogP contribution in [0.4, 0.5) is 20.2 Å². The molecular formula is C13H11BrF2N2O2S. The van der Waals surface area contributed by atoms with E-state index in [0.29, 0.717) is 13.0 Å². The van der Waals surface area contributed by atoms with Crippen LogP contribution < -0.4 is 5.32 Å². The van der Waals surface area contributed by atoms with Gasteiger partial charge in [-0.3, -0.25) is 10.1 Å². The van der Waals surface area contributed by atoms with Crippen molar-refractivity contribution in [2.75, 3.05) is 11.9 Å². The van der Waals surface area contributed by atoms with Crippen LogP contribution in [-0.2, 0) is 6.42 Å². The Morgan fingerprint density at radius 1 is 1.33 bits per heavy atom. The van der Waals surface area contributed by atoms with Crippen molar-refractivity contribution in [2.24, 2.45) is 0 Å². The zero-order valence-corrected chi connectivity index (χ0v) is 13.1. The molecule has 1 N–H and O–H groups in total. The number of anilines is 1. The van der Waals surface area contributed by atoms with Gasteiger partial charge in [-0.2, -0.15) is 0 Å². The predicted molar refractivity (Wildman–Crippen MR) is 82.3 cm³/mol. The fraction of sp³-hybridized carbons (Fsp3) is 0.231. The van der Waals surface area contributed by atoms with E-state index in [1.165, 1.54) is 12.1 Å². The highest BCUT2D eigenvalue weighted by atomic mass is 79.9. The van der Waals surface area contributed by atoms with Gasteiger partial charge in [-0.05, 0) is 40.5 Å². The topological polar surface area (TPSA) is 55.2 Å². The van der Waals surface area contributed by atoms with E-state index >= 15 is 0 Å². The molecule has 0 saturated heterocycles. The first kappa shape index (κ1) is 15.8. The van der Waals surface area contributed by atoms with Gasteiger partial charge >= 0.3 is 0 Å². The lowest BCUT2D eigenvalue weighted by atomic mass is 10.1. The Bertz CT molecular complexity index is 649. The van der Waals surface area contributed by atoms with Gasteiger partial charge in [-0.1, -0.05) is 0 Å². The molecule has 0 radical (unpaired) electrons. The maximum atomic E-state index is 13.0. The van der Waals surface area contributed by atoms with Crippen LogP contribution in [0, 0.1) is 10.1 Å². The smallest absolute Gasteiger partial charge is 0.270 e. The summed E-state index contributed by atoms with van der Waals surface area (Å²) < 4.78 is 26.9. The number of alkyl halides is 2. The summed E-state index contributed by atoms with van der Waals surface area (Å²) in [7, 11) is 0. The first-order chi connectivity index (χ1) is 9.97. The van der Waals surface area contributed by atoms with E-state index in [1.54, 1.807) is 11.3 Å². The van der Waals surface area contributed by atoms with Gasteiger partial charge < -0.3 is 5.32 Å². The van der Waals surface area contributed by atoms with Gasteiger partial charge in [-0.25, -0.2) is 8.78 Å². The average molecular weight is 377 g/mol. The molecule has 8 heteroatoms. The fourth-order valence-corrected chi connectivity index (χ4v) is 3.29. The van der Waals surface area contributed by atoms with Gasteiger partial charge in [0.15, 0.2) is 0 Å². The first-order valence-corrected chi connectivity index (χ1v) is 7.63. The summed E-state index contributed by atoms with van der Waals surface area (Å²) in [5, 5.41) is 13.5.